The van der Waals surface area contributed by atoms with Crippen molar-refractivity contribution in [2.75, 3.05) is 5.32 Å². The fraction of sp³-hybridized carbons (Fsp3) is 0. The van der Waals surface area contributed by atoms with Crippen molar-refractivity contribution in [3.05, 3.63) is 37.8 Å². The van der Waals surface area contributed by atoms with Gasteiger partial charge in [-0.3, -0.25) is 0 Å². The maximum atomic E-state index is 9.74. The number of nitrogens with one attached hydrogen (secondary N) is 1. The first kappa shape index (κ1) is 13.4. The normalized spacial score (nSPS) is 6.91. The zero-order valence-electron chi connectivity index (χ0n) is 6.37. The van der Waals surface area contributed by atoms with Gasteiger partial charge in [0.2, 0.25) is 0 Å². The van der Waals surface area contributed by atoms with Crippen LogP contribution in [-0.4, -0.2) is 6.41 Å². The Balaban J connectivity index is 0. The van der Waals surface area contributed by atoms with Gasteiger partial charge in [0.25, 0.3) is 0 Å². The second-order valence-corrected chi connectivity index (χ2v) is 1.59. The van der Waals surface area contributed by atoms with Gasteiger partial charge >= 0.3 is 0 Å². The number of hydrogen-bond donors (Lipinski definition) is 1. The fourth-order valence-corrected chi connectivity index (χ4v) is 0.580. The van der Waals surface area contributed by atoms with Crippen molar-refractivity contribution in [1.29, 1.82) is 0 Å². The third-order valence-corrected chi connectivity index (χ3v) is 0.969. The van der Waals surface area contributed by atoms with E-state index >= 15 is 0 Å². The average Bonchev–Trinajstić information content (AvgIpc) is 1.91. The summed E-state index contributed by atoms with van der Waals surface area (Å²) in [5.74, 6) is 0. The molecule has 0 aliphatic rings. The standard InChI is InChI=1S/C7H6NO.CH3.Y/c9-6-8-7-4-2-1-3-5-7;;/h1-5H,(H,8,9);1H3;/q2*-1;. The summed E-state index contributed by atoms with van der Waals surface area (Å²) in [6.07, 6.45) is 1.58. The van der Waals surface area contributed by atoms with Crippen LogP contribution in [0.4, 0.5) is 5.69 Å². The van der Waals surface area contributed by atoms with Crippen LogP contribution >= 0.6 is 0 Å². The molecule has 1 aromatic carbocycles. The first-order valence-electron chi connectivity index (χ1n) is 2.61. The van der Waals surface area contributed by atoms with Gasteiger partial charge in [-0.2, -0.15) is 0 Å². The summed E-state index contributed by atoms with van der Waals surface area (Å²) in [5.41, 5.74) is 0.771. The second-order valence-electron chi connectivity index (χ2n) is 1.59. The SMILES string of the molecule is O=[C-]Nc1ccccc1.[CH3-].[Y]. The molecule has 2 nitrogen and oxygen atoms in total. The van der Waals surface area contributed by atoms with E-state index in [9.17, 15) is 4.79 Å². The van der Waals surface area contributed by atoms with Crippen LogP contribution < -0.4 is 5.32 Å². The number of hydrogen-bond acceptors (Lipinski definition) is 1. The van der Waals surface area contributed by atoms with Gasteiger partial charge < -0.3 is 17.5 Å². The molecule has 1 amide bonds. The smallest absolute Gasteiger partial charge is 0.0692 e. The van der Waals surface area contributed by atoms with Crippen molar-refractivity contribution >= 4 is 12.1 Å². The molecule has 0 heterocycles. The van der Waals surface area contributed by atoms with E-state index in [1.165, 1.54) is 0 Å². The Kier molecular flexibility index (Phi) is 9.61. The number of rotatable bonds is 2. The molecule has 57 valence electrons. The van der Waals surface area contributed by atoms with Gasteiger partial charge in [-0.1, -0.05) is 18.2 Å². The maximum Gasteiger partial charge on any atom is 0.0692 e. The van der Waals surface area contributed by atoms with Crippen molar-refractivity contribution in [1.82, 2.24) is 0 Å². The summed E-state index contributed by atoms with van der Waals surface area (Å²) in [6.45, 7) is 0. The van der Waals surface area contributed by atoms with Crippen LogP contribution in [0.15, 0.2) is 30.3 Å². The molecule has 0 unspecified atom stereocenters. The Morgan fingerprint density at radius 3 is 2.18 bits per heavy atom. The quantitative estimate of drug-likeness (QED) is 0.600. The Labute approximate surface area is 92.3 Å². The minimum absolute atomic E-state index is 0. The largest absolute Gasteiger partial charge is 0.490 e. The molecule has 11 heavy (non-hydrogen) atoms. The zero-order valence-corrected chi connectivity index (χ0v) is 9.21. The van der Waals surface area contributed by atoms with Gasteiger partial charge in [-0.05, 0) is 0 Å². The number of anilines is 1. The van der Waals surface area contributed by atoms with Crippen LogP contribution in [0.5, 0.6) is 0 Å². The van der Waals surface area contributed by atoms with Gasteiger partial charge in [0.1, 0.15) is 0 Å². The Bertz CT molecular complexity index is 189. The fourth-order valence-electron chi connectivity index (χ4n) is 0.580. The number of para-hydroxylation sites is 1. The number of amides is 1. The van der Waals surface area contributed by atoms with E-state index in [0.29, 0.717) is 0 Å². The molecule has 0 aliphatic heterocycles. The van der Waals surface area contributed by atoms with E-state index in [4.69, 9.17) is 0 Å². The molecule has 0 fully saturated rings. The summed E-state index contributed by atoms with van der Waals surface area (Å²) in [4.78, 5) is 9.74. The van der Waals surface area contributed by atoms with E-state index < -0.39 is 0 Å². The summed E-state index contributed by atoms with van der Waals surface area (Å²) in [6, 6.07) is 9.17. The Hall–Kier alpha value is -0.206. The monoisotopic (exact) mass is 224 g/mol. The zero-order chi connectivity index (χ0) is 6.53. The van der Waals surface area contributed by atoms with Crippen molar-refractivity contribution < 1.29 is 37.5 Å². The minimum Gasteiger partial charge on any atom is -0.490 e. The molecule has 0 atom stereocenters. The third kappa shape index (κ3) is 5.11. The van der Waals surface area contributed by atoms with Gasteiger partial charge in [0.15, 0.2) is 0 Å². The topological polar surface area (TPSA) is 29.1 Å². The molecule has 1 radical (unpaired) electrons. The van der Waals surface area contributed by atoms with Gasteiger partial charge in [0.05, 0.1) is 6.41 Å². The molecule has 0 aliphatic carbocycles. The van der Waals surface area contributed by atoms with Gasteiger partial charge in [-0.15, -0.1) is 17.8 Å². The van der Waals surface area contributed by atoms with Crippen molar-refractivity contribution in [2.24, 2.45) is 0 Å². The van der Waals surface area contributed by atoms with Crippen LogP contribution in [0.1, 0.15) is 0 Å². The molecule has 0 bridgehead atoms. The van der Waals surface area contributed by atoms with Gasteiger partial charge in [0, 0.05) is 32.7 Å². The van der Waals surface area contributed by atoms with Crippen molar-refractivity contribution in [2.45, 2.75) is 0 Å². The van der Waals surface area contributed by atoms with Crippen LogP contribution in [0.2, 0.25) is 0 Å². The summed E-state index contributed by atoms with van der Waals surface area (Å²) in [7, 11) is 0. The number of benzene rings is 1. The van der Waals surface area contributed by atoms with E-state index in [1.54, 1.807) is 18.5 Å². The van der Waals surface area contributed by atoms with Crippen molar-refractivity contribution in [3.63, 3.8) is 0 Å². The van der Waals surface area contributed by atoms with E-state index in [1.807, 2.05) is 18.2 Å². The van der Waals surface area contributed by atoms with Crippen LogP contribution in [0, 0.1) is 7.43 Å². The third-order valence-electron chi connectivity index (χ3n) is 0.969. The maximum absolute atomic E-state index is 9.74. The first-order valence-corrected chi connectivity index (χ1v) is 2.61. The molecule has 0 spiro atoms. The molecule has 1 aromatic rings. The molecule has 0 saturated heterocycles. The summed E-state index contributed by atoms with van der Waals surface area (Å²) < 4.78 is 0. The Morgan fingerprint density at radius 1 is 1.18 bits per heavy atom. The molecule has 1 N–H and O–H groups in total. The van der Waals surface area contributed by atoms with Crippen LogP contribution in [0.3, 0.4) is 0 Å². The molecule has 0 aromatic heterocycles. The van der Waals surface area contributed by atoms with Gasteiger partial charge in [-0.25, -0.2) is 0 Å². The minimum atomic E-state index is 0. The van der Waals surface area contributed by atoms with E-state index in [2.05, 4.69) is 5.32 Å². The van der Waals surface area contributed by atoms with Crippen LogP contribution in [-0.2, 0) is 37.5 Å². The predicted octanol–water partition coefficient (Wildman–Crippen LogP) is 1.61. The predicted molar refractivity (Wildman–Crippen MR) is 42.2 cm³/mol. The molecule has 0 saturated carbocycles. The molecular weight excluding hydrogens is 215 g/mol. The first-order chi connectivity index (χ1) is 4.43. The molecular formula is C8H9NOY-2. The summed E-state index contributed by atoms with van der Waals surface area (Å²) in [5, 5.41) is 2.40. The second kappa shape index (κ2) is 7.90. The van der Waals surface area contributed by atoms with Crippen molar-refractivity contribution in [3.8, 4) is 0 Å². The van der Waals surface area contributed by atoms with Crippen LogP contribution in [0.25, 0.3) is 0 Å². The molecule has 1 rings (SSSR count). The molecule has 3 heteroatoms. The van der Waals surface area contributed by atoms with E-state index in [-0.39, 0.29) is 40.1 Å². The summed E-state index contributed by atoms with van der Waals surface area (Å²) >= 11 is 0. The average molecular weight is 224 g/mol. The Morgan fingerprint density at radius 2 is 1.73 bits per heavy atom. The number of carbonyl (C=O) groups excluding carboxylic acids is 1. The van der Waals surface area contributed by atoms with E-state index in [0.717, 1.165) is 5.69 Å².